The zero-order valence-electron chi connectivity index (χ0n) is 10.6. The second-order valence-corrected chi connectivity index (χ2v) is 5.23. The molecule has 1 aromatic carbocycles. The Kier molecular flexibility index (Phi) is 4.13. The maximum absolute atomic E-state index is 12.8. The molecule has 0 spiro atoms. The van der Waals surface area contributed by atoms with E-state index in [0.717, 1.165) is 10.9 Å². The van der Waals surface area contributed by atoms with E-state index in [1.54, 1.807) is 6.92 Å². The molecule has 2 aromatic rings. The predicted molar refractivity (Wildman–Crippen MR) is 71.6 cm³/mol. The SMILES string of the molecule is C[C@@H](NC(=O)c1ccccc1C(F)(F)F)c1cccs1. The third-order valence-electron chi connectivity index (χ3n) is 2.79. The molecule has 0 fully saturated rings. The lowest BCUT2D eigenvalue weighted by Gasteiger charge is -2.15. The third kappa shape index (κ3) is 3.19. The van der Waals surface area contributed by atoms with Crippen molar-refractivity contribution in [3.8, 4) is 0 Å². The van der Waals surface area contributed by atoms with Crippen molar-refractivity contribution in [1.82, 2.24) is 5.32 Å². The van der Waals surface area contributed by atoms with Crippen LogP contribution in [0.5, 0.6) is 0 Å². The maximum Gasteiger partial charge on any atom is 0.417 e. The van der Waals surface area contributed by atoms with Crippen molar-refractivity contribution in [2.45, 2.75) is 19.1 Å². The number of thiophene rings is 1. The van der Waals surface area contributed by atoms with Crippen LogP contribution in [0.1, 0.15) is 33.8 Å². The van der Waals surface area contributed by atoms with Gasteiger partial charge in [0.25, 0.3) is 5.91 Å². The number of benzene rings is 1. The summed E-state index contributed by atoms with van der Waals surface area (Å²) in [5, 5.41) is 4.43. The molecule has 0 saturated carbocycles. The molecule has 20 heavy (non-hydrogen) atoms. The largest absolute Gasteiger partial charge is 0.417 e. The van der Waals surface area contributed by atoms with Gasteiger partial charge in [-0.2, -0.15) is 13.2 Å². The lowest BCUT2D eigenvalue weighted by molar-refractivity contribution is -0.137. The van der Waals surface area contributed by atoms with E-state index >= 15 is 0 Å². The Morgan fingerprint density at radius 3 is 2.50 bits per heavy atom. The van der Waals surface area contributed by atoms with Crippen LogP contribution >= 0.6 is 11.3 Å². The molecular weight excluding hydrogens is 287 g/mol. The van der Waals surface area contributed by atoms with Crippen molar-refractivity contribution in [3.05, 3.63) is 57.8 Å². The van der Waals surface area contributed by atoms with Gasteiger partial charge in [0.2, 0.25) is 0 Å². The van der Waals surface area contributed by atoms with Crippen LogP contribution in [-0.2, 0) is 6.18 Å². The number of nitrogens with one attached hydrogen (secondary N) is 1. The quantitative estimate of drug-likeness (QED) is 0.901. The third-order valence-corrected chi connectivity index (χ3v) is 3.85. The van der Waals surface area contributed by atoms with Crippen molar-refractivity contribution < 1.29 is 18.0 Å². The van der Waals surface area contributed by atoms with Crippen LogP contribution in [0.15, 0.2) is 41.8 Å². The highest BCUT2D eigenvalue weighted by Gasteiger charge is 2.35. The van der Waals surface area contributed by atoms with E-state index in [9.17, 15) is 18.0 Å². The Hall–Kier alpha value is -1.82. The van der Waals surface area contributed by atoms with E-state index in [-0.39, 0.29) is 11.6 Å². The summed E-state index contributed by atoms with van der Waals surface area (Å²) in [7, 11) is 0. The molecule has 1 aromatic heterocycles. The minimum absolute atomic E-state index is 0.330. The summed E-state index contributed by atoms with van der Waals surface area (Å²) in [5.74, 6) is -0.723. The Balaban J connectivity index is 2.22. The molecular formula is C14H12F3NOS. The van der Waals surface area contributed by atoms with Crippen LogP contribution in [-0.4, -0.2) is 5.91 Å². The first-order valence-corrected chi connectivity index (χ1v) is 6.78. The summed E-state index contributed by atoms with van der Waals surface area (Å²) in [6.45, 7) is 1.74. The van der Waals surface area contributed by atoms with Crippen LogP contribution < -0.4 is 5.32 Å². The van der Waals surface area contributed by atoms with E-state index in [1.165, 1.54) is 29.5 Å². The number of rotatable bonds is 3. The van der Waals surface area contributed by atoms with Gasteiger partial charge in [-0.1, -0.05) is 18.2 Å². The topological polar surface area (TPSA) is 29.1 Å². The van der Waals surface area contributed by atoms with E-state index < -0.39 is 17.6 Å². The van der Waals surface area contributed by atoms with Crippen LogP contribution in [0.3, 0.4) is 0 Å². The molecule has 2 rings (SSSR count). The molecule has 0 aliphatic carbocycles. The average Bonchev–Trinajstić information content (AvgIpc) is 2.91. The minimum Gasteiger partial charge on any atom is -0.345 e. The molecule has 0 radical (unpaired) electrons. The first-order chi connectivity index (χ1) is 9.39. The molecule has 1 N–H and O–H groups in total. The molecule has 0 aliphatic rings. The highest BCUT2D eigenvalue weighted by Crippen LogP contribution is 2.32. The van der Waals surface area contributed by atoms with Crippen LogP contribution in [0.2, 0.25) is 0 Å². The molecule has 106 valence electrons. The van der Waals surface area contributed by atoms with Gasteiger partial charge in [0.15, 0.2) is 0 Å². The van der Waals surface area contributed by atoms with Gasteiger partial charge in [-0.15, -0.1) is 11.3 Å². The van der Waals surface area contributed by atoms with E-state index in [0.29, 0.717) is 0 Å². The van der Waals surface area contributed by atoms with E-state index in [1.807, 2.05) is 17.5 Å². The summed E-state index contributed by atoms with van der Waals surface area (Å²) in [5.41, 5.74) is -1.28. The van der Waals surface area contributed by atoms with Crippen molar-refractivity contribution in [2.24, 2.45) is 0 Å². The molecule has 1 amide bonds. The van der Waals surface area contributed by atoms with Crippen LogP contribution in [0.4, 0.5) is 13.2 Å². The smallest absolute Gasteiger partial charge is 0.345 e. The number of carbonyl (C=O) groups is 1. The summed E-state index contributed by atoms with van der Waals surface area (Å²) < 4.78 is 38.5. The molecule has 1 atom stereocenters. The lowest BCUT2D eigenvalue weighted by atomic mass is 10.1. The van der Waals surface area contributed by atoms with Crippen molar-refractivity contribution >= 4 is 17.2 Å². The number of amides is 1. The van der Waals surface area contributed by atoms with Crippen LogP contribution in [0, 0.1) is 0 Å². The van der Waals surface area contributed by atoms with Gasteiger partial charge < -0.3 is 5.32 Å². The molecule has 6 heteroatoms. The predicted octanol–water partition coefficient (Wildman–Crippen LogP) is 4.26. The minimum atomic E-state index is -4.54. The fourth-order valence-electron chi connectivity index (χ4n) is 1.81. The molecule has 2 nitrogen and oxygen atoms in total. The average molecular weight is 299 g/mol. The molecule has 1 heterocycles. The van der Waals surface area contributed by atoms with Gasteiger partial charge >= 0.3 is 6.18 Å². The number of alkyl halides is 3. The summed E-state index contributed by atoms with van der Waals surface area (Å²) >= 11 is 1.44. The van der Waals surface area contributed by atoms with Gasteiger partial charge in [0.05, 0.1) is 17.2 Å². The summed E-state index contributed by atoms with van der Waals surface area (Å²) in [6, 6.07) is 8.09. The van der Waals surface area contributed by atoms with E-state index in [4.69, 9.17) is 0 Å². The van der Waals surface area contributed by atoms with Gasteiger partial charge in [-0.25, -0.2) is 0 Å². The van der Waals surface area contributed by atoms with Crippen molar-refractivity contribution in [2.75, 3.05) is 0 Å². The zero-order valence-corrected chi connectivity index (χ0v) is 11.4. The van der Waals surface area contributed by atoms with Crippen molar-refractivity contribution in [1.29, 1.82) is 0 Å². The molecule has 0 saturated heterocycles. The zero-order chi connectivity index (χ0) is 14.8. The molecule has 0 bridgehead atoms. The highest BCUT2D eigenvalue weighted by atomic mass is 32.1. The molecule has 0 unspecified atom stereocenters. The standard InChI is InChI=1S/C14H12F3NOS/c1-9(12-7-4-8-20-12)18-13(19)10-5-2-3-6-11(10)14(15,16)17/h2-9H,1H3,(H,18,19)/t9-/m1/s1. The highest BCUT2D eigenvalue weighted by molar-refractivity contribution is 7.10. The second kappa shape index (κ2) is 5.66. The summed E-state index contributed by atoms with van der Waals surface area (Å²) in [6.07, 6.45) is -4.54. The monoisotopic (exact) mass is 299 g/mol. The Bertz CT molecular complexity index is 593. The number of halogens is 3. The van der Waals surface area contributed by atoms with Gasteiger partial charge in [0.1, 0.15) is 0 Å². The Morgan fingerprint density at radius 2 is 1.90 bits per heavy atom. The number of carbonyl (C=O) groups excluding carboxylic acids is 1. The van der Waals surface area contributed by atoms with Gasteiger partial charge in [-0.05, 0) is 30.5 Å². The Labute approximate surface area is 118 Å². The normalized spacial score (nSPS) is 13.0. The first kappa shape index (κ1) is 14.6. The van der Waals surface area contributed by atoms with Crippen molar-refractivity contribution in [3.63, 3.8) is 0 Å². The maximum atomic E-state index is 12.8. The second-order valence-electron chi connectivity index (χ2n) is 4.25. The lowest BCUT2D eigenvalue weighted by Crippen LogP contribution is -2.28. The number of hydrogen-bond donors (Lipinski definition) is 1. The van der Waals surface area contributed by atoms with Gasteiger partial charge in [-0.3, -0.25) is 4.79 Å². The number of hydrogen-bond acceptors (Lipinski definition) is 2. The fraction of sp³-hybridized carbons (Fsp3) is 0.214. The first-order valence-electron chi connectivity index (χ1n) is 5.90. The van der Waals surface area contributed by atoms with E-state index in [2.05, 4.69) is 5.32 Å². The van der Waals surface area contributed by atoms with Crippen LogP contribution in [0.25, 0.3) is 0 Å². The Morgan fingerprint density at radius 1 is 1.20 bits per heavy atom. The fourth-order valence-corrected chi connectivity index (χ4v) is 2.55. The van der Waals surface area contributed by atoms with Gasteiger partial charge in [0, 0.05) is 4.88 Å². The summed E-state index contributed by atoms with van der Waals surface area (Å²) in [4.78, 5) is 12.9. The molecule has 0 aliphatic heterocycles.